The average molecular weight is 420 g/mol. The summed E-state index contributed by atoms with van der Waals surface area (Å²) in [6.07, 6.45) is 12.1. The Bertz CT molecular complexity index is 955. The van der Waals surface area contributed by atoms with Crippen molar-refractivity contribution in [2.75, 3.05) is 0 Å². The minimum absolute atomic E-state index is 0.335. The van der Waals surface area contributed by atoms with E-state index in [1.54, 1.807) is 11.3 Å². The molecule has 0 radical (unpaired) electrons. The van der Waals surface area contributed by atoms with Gasteiger partial charge >= 0.3 is 5.97 Å². The number of hydrogen-bond acceptors (Lipinski definition) is 4. The largest absolute Gasteiger partial charge is 0.423 e. The molecule has 3 nitrogen and oxygen atoms in total. The molecule has 0 amide bonds. The van der Waals surface area contributed by atoms with E-state index in [9.17, 15) is 4.79 Å². The summed E-state index contributed by atoms with van der Waals surface area (Å²) in [7, 11) is 0. The molecule has 0 saturated carbocycles. The molecule has 0 spiro atoms. The van der Waals surface area contributed by atoms with Crippen LogP contribution < -0.4 is 4.74 Å². The predicted molar refractivity (Wildman–Crippen MR) is 126 cm³/mol. The van der Waals surface area contributed by atoms with Crippen molar-refractivity contribution in [1.29, 1.82) is 0 Å². The van der Waals surface area contributed by atoms with Crippen LogP contribution in [0.2, 0.25) is 0 Å². The molecular formula is C26H29NO2S. The monoisotopic (exact) mass is 419 g/mol. The number of hydrogen-bond donors (Lipinski definition) is 0. The summed E-state index contributed by atoms with van der Waals surface area (Å²) in [6, 6.07) is 16.1. The fraction of sp³-hybridized carbons (Fsp3) is 0.308. The Hall–Kier alpha value is -2.72. The lowest BCUT2D eigenvalue weighted by molar-refractivity contribution is -0.129. The number of carbonyl (C=O) groups is 1. The molecule has 0 unspecified atom stereocenters. The number of carbonyl (C=O) groups excluding carboxylic acids is 1. The van der Waals surface area contributed by atoms with Crippen molar-refractivity contribution in [2.45, 2.75) is 52.4 Å². The number of thiazole rings is 1. The summed E-state index contributed by atoms with van der Waals surface area (Å²) in [5.74, 6) is 0.220. The van der Waals surface area contributed by atoms with Crippen molar-refractivity contribution >= 4 is 17.3 Å². The van der Waals surface area contributed by atoms with Crippen LogP contribution in [0.1, 0.15) is 50.8 Å². The fourth-order valence-corrected chi connectivity index (χ4v) is 4.08. The number of rotatable bonds is 10. The summed E-state index contributed by atoms with van der Waals surface area (Å²) < 4.78 is 5.33. The van der Waals surface area contributed by atoms with E-state index in [-0.39, 0.29) is 5.97 Å². The summed E-state index contributed by atoms with van der Waals surface area (Å²) in [5.41, 5.74) is 3.36. The van der Waals surface area contributed by atoms with Gasteiger partial charge in [0.2, 0.25) is 0 Å². The number of aromatic nitrogens is 1. The van der Waals surface area contributed by atoms with Crippen molar-refractivity contribution in [3.05, 3.63) is 71.8 Å². The molecule has 4 heteroatoms. The van der Waals surface area contributed by atoms with Crippen molar-refractivity contribution < 1.29 is 9.53 Å². The Labute approximate surface area is 183 Å². The third-order valence-corrected chi connectivity index (χ3v) is 5.93. The summed E-state index contributed by atoms with van der Waals surface area (Å²) in [4.78, 5) is 17.7. The zero-order valence-electron chi connectivity index (χ0n) is 17.8. The maximum Gasteiger partial charge on any atom is 0.335 e. The first kappa shape index (κ1) is 22.0. The quantitative estimate of drug-likeness (QED) is 0.148. The highest BCUT2D eigenvalue weighted by Gasteiger charge is 2.06. The SMILES string of the molecule is CCCC=CC(=O)Oc1ccc(-c2ccc(-c3ncc(CCCCC)s3)cc2)cc1. The van der Waals surface area contributed by atoms with Gasteiger partial charge in [-0.25, -0.2) is 9.78 Å². The number of nitrogens with zero attached hydrogens (tertiary/aromatic N) is 1. The molecule has 3 aromatic rings. The number of esters is 1. The second kappa shape index (κ2) is 11.5. The summed E-state index contributed by atoms with van der Waals surface area (Å²) in [5, 5.41) is 1.08. The van der Waals surface area contributed by atoms with Crippen LogP contribution in [0.3, 0.4) is 0 Å². The molecule has 0 aliphatic rings. The van der Waals surface area contributed by atoms with Gasteiger partial charge in [-0.1, -0.05) is 75.6 Å². The van der Waals surface area contributed by atoms with Crippen LogP contribution in [0.15, 0.2) is 66.9 Å². The number of unbranched alkanes of at least 4 members (excludes halogenated alkanes) is 3. The first-order valence-electron chi connectivity index (χ1n) is 10.7. The lowest BCUT2D eigenvalue weighted by Gasteiger charge is -2.05. The zero-order chi connectivity index (χ0) is 21.2. The number of ether oxygens (including phenoxy) is 1. The van der Waals surface area contributed by atoms with Crippen LogP contribution in [0.5, 0.6) is 5.75 Å². The Kier molecular flexibility index (Phi) is 8.40. The lowest BCUT2D eigenvalue weighted by atomic mass is 10.0. The molecule has 0 N–H and O–H groups in total. The average Bonchev–Trinajstić information content (AvgIpc) is 3.24. The fourth-order valence-electron chi connectivity index (χ4n) is 3.12. The van der Waals surface area contributed by atoms with E-state index in [1.165, 1.54) is 30.2 Å². The van der Waals surface area contributed by atoms with Crippen molar-refractivity contribution in [1.82, 2.24) is 4.98 Å². The molecule has 3 rings (SSSR count). The van der Waals surface area contributed by atoms with Gasteiger partial charge in [0.05, 0.1) is 0 Å². The minimum atomic E-state index is -0.335. The first-order chi connectivity index (χ1) is 14.7. The second-order valence-electron chi connectivity index (χ2n) is 7.30. The normalized spacial score (nSPS) is 11.1. The molecule has 2 aromatic carbocycles. The van der Waals surface area contributed by atoms with Gasteiger partial charge in [0.15, 0.2) is 0 Å². The van der Waals surface area contributed by atoms with Crippen LogP contribution in [-0.4, -0.2) is 11.0 Å². The van der Waals surface area contributed by atoms with Gasteiger partial charge in [-0.3, -0.25) is 0 Å². The van der Waals surface area contributed by atoms with E-state index in [2.05, 4.69) is 43.1 Å². The highest BCUT2D eigenvalue weighted by Crippen LogP contribution is 2.29. The van der Waals surface area contributed by atoms with Crippen LogP contribution in [0, 0.1) is 0 Å². The molecular weight excluding hydrogens is 390 g/mol. The van der Waals surface area contributed by atoms with Gasteiger partial charge in [0.25, 0.3) is 0 Å². The summed E-state index contributed by atoms with van der Waals surface area (Å²) >= 11 is 1.79. The first-order valence-corrected chi connectivity index (χ1v) is 11.5. The number of benzene rings is 2. The van der Waals surface area contributed by atoms with Gasteiger partial charge < -0.3 is 4.74 Å². The van der Waals surface area contributed by atoms with Crippen molar-refractivity contribution in [2.24, 2.45) is 0 Å². The molecule has 0 atom stereocenters. The Morgan fingerprint density at radius 2 is 1.60 bits per heavy atom. The standard InChI is InChI=1S/C26H29NO2S/c1-3-5-7-9-24-19-27-26(30-24)22-13-11-20(12-14-22)21-15-17-23(18-16-21)29-25(28)10-8-6-4-2/h8,10-19H,3-7,9H2,1-2H3. The van der Waals surface area contributed by atoms with Gasteiger partial charge in [-0.2, -0.15) is 0 Å². The predicted octanol–water partition coefficient (Wildman–Crippen LogP) is 7.47. The molecule has 156 valence electrons. The molecule has 0 saturated heterocycles. The van der Waals surface area contributed by atoms with Gasteiger partial charge in [0.1, 0.15) is 10.8 Å². The van der Waals surface area contributed by atoms with Crippen LogP contribution >= 0.6 is 11.3 Å². The van der Waals surface area contributed by atoms with E-state index in [1.807, 2.05) is 36.5 Å². The smallest absolute Gasteiger partial charge is 0.335 e. The van der Waals surface area contributed by atoms with E-state index in [4.69, 9.17) is 4.74 Å². The minimum Gasteiger partial charge on any atom is -0.423 e. The third-order valence-electron chi connectivity index (χ3n) is 4.83. The number of allylic oxidation sites excluding steroid dienone is 1. The highest BCUT2D eigenvalue weighted by molar-refractivity contribution is 7.15. The van der Waals surface area contributed by atoms with Gasteiger partial charge in [0, 0.05) is 22.7 Å². The lowest BCUT2D eigenvalue weighted by Crippen LogP contribution is -2.03. The zero-order valence-corrected chi connectivity index (χ0v) is 18.6. The van der Waals surface area contributed by atoms with Crippen molar-refractivity contribution in [3.8, 4) is 27.4 Å². The summed E-state index contributed by atoms with van der Waals surface area (Å²) in [6.45, 7) is 4.30. The maximum atomic E-state index is 11.8. The van der Waals surface area contributed by atoms with E-state index in [0.29, 0.717) is 5.75 Å². The third kappa shape index (κ3) is 6.39. The van der Waals surface area contributed by atoms with E-state index >= 15 is 0 Å². The Morgan fingerprint density at radius 1 is 0.933 bits per heavy atom. The van der Waals surface area contributed by atoms with Crippen LogP contribution in [0.25, 0.3) is 21.7 Å². The second-order valence-corrected chi connectivity index (χ2v) is 8.42. The molecule has 0 aliphatic heterocycles. The Balaban J connectivity index is 1.61. The highest BCUT2D eigenvalue weighted by atomic mass is 32.1. The molecule has 0 aliphatic carbocycles. The molecule has 1 aromatic heterocycles. The molecule has 1 heterocycles. The van der Waals surface area contributed by atoms with E-state index < -0.39 is 0 Å². The topological polar surface area (TPSA) is 39.2 Å². The van der Waals surface area contributed by atoms with Crippen LogP contribution in [0.4, 0.5) is 0 Å². The maximum absolute atomic E-state index is 11.8. The van der Waals surface area contributed by atoms with Crippen molar-refractivity contribution in [3.63, 3.8) is 0 Å². The van der Waals surface area contributed by atoms with Gasteiger partial charge in [-0.15, -0.1) is 11.3 Å². The molecule has 30 heavy (non-hydrogen) atoms. The van der Waals surface area contributed by atoms with Gasteiger partial charge in [-0.05, 0) is 42.5 Å². The Morgan fingerprint density at radius 3 is 2.27 bits per heavy atom. The molecule has 0 fully saturated rings. The number of aryl methyl sites for hydroxylation is 1. The van der Waals surface area contributed by atoms with E-state index in [0.717, 1.165) is 41.0 Å². The molecule has 0 bridgehead atoms. The van der Waals surface area contributed by atoms with Crippen LogP contribution in [-0.2, 0) is 11.2 Å².